The van der Waals surface area contributed by atoms with E-state index in [1.165, 1.54) is 12.1 Å². The summed E-state index contributed by atoms with van der Waals surface area (Å²) >= 11 is 0. The van der Waals surface area contributed by atoms with Gasteiger partial charge in [-0.25, -0.2) is 4.39 Å². The van der Waals surface area contributed by atoms with Crippen molar-refractivity contribution >= 4 is 5.91 Å². The molecule has 0 aliphatic rings. The molecule has 4 nitrogen and oxygen atoms in total. The van der Waals surface area contributed by atoms with Gasteiger partial charge in [-0.1, -0.05) is 12.1 Å². The summed E-state index contributed by atoms with van der Waals surface area (Å²) in [5, 5.41) is 2.85. The molecule has 0 aliphatic heterocycles. The quantitative estimate of drug-likeness (QED) is 0.887. The lowest BCUT2D eigenvalue weighted by molar-refractivity contribution is -0.127. The van der Waals surface area contributed by atoms with Crippen molar-refractivity contribution in [3.05, 3.63) is 59.9 Å². The molecule has 0 heterocycles. The van der Waals surface area contributed by atoms with E-state index in [4.69, 9.17) is 9.47 Å². The molecule has 1 N–H and O–H groups in total. The predicted molar refractivity (Wildman–Crippen MR) is 86.0 cm³/mol. The molecule has 2 aromatic rings. The van der Waals surface area contributed by atoms with Gasteiger partial charge >= 0.3 is 0 Å². The third-order valence-electron chi connectivity index (χ3n) is 3.47. The highest BCUT2D eigenvalue weighted by Gasteiger charge is 2.17. The second kappa shape index (κ2) is 7.63. The Balaban J connectivity index is 1.92. The largest absolute Gasteiger partial charge is 0.497 e. The van der Waals surface area contributed by atoms with Crippen molar-refractivity contribution in [2.45, 2.75) is 26.0 Å². The molecular formula is C18H20FNO3. The highest BCUT2D eigenvalue weighted by Crippen LogP contribution is 2.19. The van der Waals surface area contributed by atoms with Crippen LogP contribution in [-0.4, -0.2) is 19.1 Å². The average molecular weight is 317 g/mol. The smallest absolute Gasteiger partial charge is 0.261 e. The number of benzene rings is 2. The highest BCUT2D eigenvalue weighted by molar-refractivity contribution is 5.81. The van der Waals surface area contributed by atoms with Gasteiger partial charge in [0.05, 0.1) is 13.2 Å². The molecule has 2 rings (SSSR count). The molecule has 0 aliphatic carbocycles. The molecule has 0 aromatic heterocycles. The second-order valence-corrected chi connectivity index (χ2v) is 5.22. The van der Waals surface area contributed by atoms with Gasteiger partial charge in [-0.15, -0.1) is 0 Å². The first-order valence-corrected chi connectivity index (χ1v) is 7.36. The van der Waals surface area contributed by atoms with Gasteiger partial charge in [0.2, 0.25) is 0 Å². The minimum atomic E-state index is -0.647. The SMILES string of the molecule is COc1ccc(OC(C)C(=O)NC(C)c2ccc(F)cc2)cc1. The first-order valence-electron chi connectivity index (χ1n) is 7.36. The van der Waals surface area contributed by atoms with Crippen molar-refractivity contribution in [2.24, 2.45) is 0 Å². The van der Waals surface area contributed by atoms with Crippen LogP contribution in [0.25, 0.3) is 0 Å². The van der Waals surface area contributed by atoms with Crippen molar-refractivity contribution in [3.63, 3.8) is 0 Å². The lowest BCUT2D eigenvalue weighted by atomic mass is 10.1. The van der Waals surface area contributed by atoms with Crippen LogP contribution in [0.4, 0.5) is 4.39 Å². The Morgan fingerprint density at radius 2 is 1.57 bits per heavy atom. The topological polar surface area (TPSA) is 47.6 Å². The van der Waals surface area contributed by atoms with Gasteiger partial charge in [-0.05, 0) is 55.8 Å². The fourth-order valence-corrected chi connectivity index (χ4v) is 2.08. The Kier molecular flexibility index (Phi) is 5.57. The van der Waals surface area contributed by atoms with Crippen LogP contribution in [-0.2, 0) is 4.79 Å². The van der Waals surface area contributed by atoms with E-state index in [0.29, 0.717) is 5.75 Å². The van der Waals surface area contributed by atoms with Gasteiger partial charge in [0.15, 0.2) is 6.10 Å². The van der Waals surface area contributed by atoms with E-state index < -0.39 is 6.10 Å². The van der Waals surface area contributed by atoms with Gasteiger partial charge in [-0.2, -0.15) is 0 Å². The second-order valence-electron chi connectivity index (χ2n) is 5.22. The number of carbonyl (C=O) groups is 1. The number of methoxy groups -OCH3 is 1. The van der Waals surface area contributed by atoms with Crippen molar-refractivity contribution < 1.29 is 18.7 Å². The molecule has 0 saturated heterocycles. The van der Waals surface area contributed by atoms with Gasteiger partial charge in [-0.3, -0.25) is 4.79 Å². The molecule has 23 heavy (non-hydrogen) atoms. The van der Waals surface area contributed by atoms with Gasteiger partial charge < -0.3 is 14.8 Å². The van der Waals surface area contributed by atoms with Gasteiger partial charge in [0.1, 0.15) is 17.3 Å². The molecule has 0 saturated carbocycles. The first-order chi connectivity index (χ1) is 11.0. The predicted octanol–water partition coefficient (Wildman–Crippen LogP) is 3.48. The normalized spacial score (nSPS) is 13.0. The fourth-order valence-electron chi connectivity index (χ4n) is 2.08. The van der Waals surface area contributed by atoms with Crippen LogP contribution in [0.15, 0.2) is 48.5 Å². The Labute approximate surface area is 135 Å². The van der Waals surface area contributed by atoms with Crippen LogP contribution in [0, 0.1) is 5.82 Å². The number of hydrogen-bond donors (Lipinski definition) is 1. The van der Waals surface area contributed by atoms with E-state index in [1.54, 1.807) is 50.4 Å². The summed E-state index contributed by atoms with van der Waals surface area (Å²) in [6, 6.07) is 12.8. The molecule has 5 heteroatoms. The van der Waals surface area contributed by atoms with Gasteiger partial charge in [0.25, 0.3) is 5.91 Å². The molecule has 122 valence electrons. The standard InChI is InChI=1S/C18H20FNO3/c1-12(14-4-6-15(19)7-5-14)20-18(21)13(2)23-17-10-8-16(22-3)9-11-17/h4-13H,1-3H3,(H,20,21). The highest BCUT2D eigenvalue weighted by atomic mass is 19.1. The summed E-state index contributed by atoms with van der Waals surface area (Å²) in [5.74, 6) is 0.767. The van der Waals surface area contributed by atoms with Crippen LogP contribution < -0.4 is 14.8 Å². The lowest BCUT2D eigenvalue weighted by Gasteiger charge is -2.19. The molecule has 2 unspecified atom stereocenters. The van der Waals surface area contributed by atoms with E-state index in [1.807, 2.05) is 6.92 Å². The maximum absolute atomic E-state index is 12.9. The minimum absolute atomic E-state index is 0.231. The number of carbonyl (C=O) groups excluding carboxylic acids is 1. The summed E-state index contributed by atoms with van der Waals surface area (Å²) in [6.45, 7) is 3.52. The molecule has 2 aromatic carbocycles. The minimum Gasteiger partial charge on any atom is -0.497 e. The maximum atomic E-state index is 12.9. The molecule has 0 fully saturated rings. The van der Waals surface area contributed by atoms with Crippen LogP contribution in [0.2, 0.25) is 0 Å². The summed E-state index contributed by atoms with van der Waals surface area (Å²) in [6.07, 6.45) is -0.647. The molecule has 2 atom stereocenters. The van der Waals surface area contributed by atoms with Crippen molar-refractivity contribution in [3.8, 4) is 11.5 Å². The number of halogens is 1. The maximum Gasteiger partial charge on any atom is 0.261 e. The number of ether oxygens (including phenoxy) is 2. The third-order valence-corrected chi connectivity index (χ3v) is 3.47. The fraction of sp³-hybridized carbons (Fsp3) is 0.278. The van der Waals surface area contributed by atoms with Gasteiger partial charge in [0, 0.05) is 0 Å². The average Bonchev–Trinajstić information content (AvgIpc) is 2.56. The van der Waals surface area contributed by atoms with Crippen molar-refractivity contribution in [2.75, 3.05) is 7.11 Å². The summed E-state index contributed by atoms with van der Waals surface area (Å²) in [5.41, 5.74) is 0.830. The van der Waals surface area contributed by atoms with E-state index in [-0.39, 0.29) is 17.8 Å². The van der Waals surface area contributed by atoms with Crippen LogP contribution in [0.1, 0.15) is 25.5 Å². The molecular weight excluding hydrogens is 297 g/mol. The number of rotatable bonds is 6. The first kappa shape index (κ1) is 16.8. The number of nitrogens with one attached hydrogen (secondary N) is 1. The molecule has 0 bridgehead atoms. The Bertz CT molecular complexity index is 640. The Morgan fingerprint density at radius 1 is 1.00 bits per heavy atom. The lowest BCUT2D eigenvalue weighted by Crippen LogP contribution is -2.37. The van der Waals surface area contributed by atoms with Crippen LogP contribution in [0.3, 0.4) is 0 Å². The Morgan fingerprint density at radius 3 is 2.13 bits per heavy atom. The summed E-state index contributed by atoms with van der Waals surface area (Å²) in [4.78, 5) is 12.2. The molecule has 0 radical (unpaired) electrons. The van der Waals surface area contributed by atoms with E-state index in [2.05, 4.69) is 5.32 Å². The Hall–Kier alpha value is -2.56. The zero-order valence-electron chi connectivity index (χ0n) is 13.4. The van der Waals surface area contributed by atoms with Crippen molar-refractivity contribution in [1.82, 2.24) is 5.32 Å². The van der Waals surface area contributed by atoms with Crippen molar-refractivity contribution in [1.29, 1.82) is 0 Å². The number of amides is 1. The molecule has 0 spiro atoms. The third kappa shape index (κ3) is 4.71. The van der Waals surface area contributed by atoms with E-state index >= 15 is 0 Å². The number of hydrogen-bond acceptors (Lipinski definition) is 3. The monoisotopic (exact) mass is 317 g/mol. The van der Waals surface area contributed by atoms with E-state index in [0.717, 1.165) is 11.3 Å². The van der Waals surface area contributed by atoms with E-state index in [9.17, 15) is 9.18 Å². The summed E-state index contributed by atoms with van der Waals surface area (Å²) < 4.78 is 23.6. The zero-order valence-corrected chi connectivity index (χ0v) is 13.4. The molecule has 1 amide bonds. The summed E-state index contributed by atoms with van der Waals surface area (Å²) in [7, 11) is 1.59. The zero-order chi connectivity index (χ0) is 16.8. The van der Waals surface area contributed by atoms with Crippen LogP contribution in [0.5, 0.6) is 11.5 Å². The van der Waals surface area contributed by atoms with Crippen LogP contribution >= 0.6 is 0 Å².